The van der Waals surface area contributed by atoms with Crippen molar-refractivity contribution in [3.63, 3.8) is 0 Å². The summed E-state index contributed by atoms with van der Waals surface area (Å²) in [6, 6.07) is 61.1. The molecule has 3 N–H and O–H groups in total. The predicted molar refractivity (Wildman–Crippen MR) is 215 cm³/mol. The number of rotatable bonds is 8. The number of aromatic nitrogens is 3. The summed E-state index contributed by atoms with van der Waals surface area (Å²) in [5, 5.41) is 27.2. The topological polar surface area (TPSA) is 109 Å². The van der Waals surface area contributed by atoms with E-state index in [0.717, 1.165) is 56.0 Å². The first-order valence-corrected chi connectivity index (χ1v) is 17.0. The first kappa shape index (κ1) is 40.2. The van der Waals surface area contributed by atoms with Crippen LogP contribution in [-0.4, -0.2) is 44.8 Å². The third kappa shape index (κ3) is 11.7. The van der Waals surface area contributed by atoms with Gasteiger partial charge in [-0.15, -0.1) is 107 Å². The number of nitrogens with zero attached hydrogens (tertiary/aromatic N) is 3. The summed E-state index contributed by atoms with van der Waals surface area (Å²) in [7, 11) is -0.785. The van der Waals surface area contributed by atoms with Crippen molar-refractivity contribution in [3.8, 4) is 61.8 Å². The average molecular weight is 894 g/mol. The van der Waals surface area contributed by atoms with Crippen LogP contribution in [0.4, 0.5) is 0 Å². The van der Waals surface area contributed by atoms with Gasteiger partial charge in [-0.2, -0.15) is 0 Å². The van der Waals surface area contributed by atoms with E-state index < -0.39 is 7.12 Å². The van der Waals surface area contributed by atoms with Crippen LogP contribution in [-0.2, 0) is 20.1 Å². The quantitative estimate of drug-likeness (QED) is 0.107. The second-order valence-corrected chi connectivity index (χ2v) is 11.7. The monoisotopic (exact) mass is 894 g/mol. The van der Waals surface area contributed by atoms with E-state index in [0.29, 0.717) is 18.9 Å². The Bertz CT molecular complexity index is 2300. The molecule has 0 atom stereocenters. The fourth-order valence-electron chi connectivity index (χ4n) is 5.40. The molecule has 0 saturated heterocycles. The summed E-state index contributed by atoms with van der Waals surface area (Å²) in [6.07, 6.45) is 5.30. The van der Waals surface area contributed by atoms with Gasteiger partial charge in [0, 0.05) is 18.6 Å². The van der Waals surface area contributed by atoms with Crippen LogP contribution in [0.2, 0.25) is 0 Å². The Morgan fingerprint density at radius 3 is 1.45 bits per heavy atom. The largest absolute Gasteiger partial charge is 3.00 e. The molecule has 5 aromatic carbocycles. The average Bonchev–Trinajstić information content (AvgIpc) is 3.26. The summed E-state index contributed by atoms with van der Waals surface area (Å²) >= 11 is 0. The van der Waals surface area contributed by atoms with E-state index in [1.165, 1.54) is 0 Å². The van der Waals surface area contributed by atoms with E-state index in [9.17, 15) is 10.0 Å². The second-order valence-electron chi connectivity index (χ2n) is 11.7. The van der Waals surface area contributed by atoms with Crippen LogP contribution in [0.1, 0.15) is 0 Å². The third-order valence-corrected chi connectivity index (χ3v) is 8.01. The molecule has 0 spiro atoms. The smallest absolute Gasteiger partial charge is 0.537 e. The van der Waals surface area contributed by atoms with Crippen LogP contribution in [0, 0.1) is 18.2 Å². The minimum Gasteiger partial charge on any atom is -0.537 e. The molecular weight excluding hydrogens is 860 g/mol. The maximum absolute atomic E-state index is 9.27. The zero-order chi connectivity index (χ0) is 37.4. The van der Waals surface area contributed by atoms with Crippen molar-refractivity contribution in [2.75, 3.05) is 0 Å². The van der Waals surface area contributed by atoms with Crippen molar-refractivity contribution in [1.29, 1.82) is 0 Å². The van der Waals surface area contributed by atoms with Crippen LogP contribution < -0.4 is 10.1 Å². The van der Waals surface area contributed by atoms with Gasteiger partial charge >= 0.3 is 34.9 Å². The Kier molecular flexibility index (Phi) is 15.4. The van der Waals surface area contributed by atoms with E-state index in [-0.39, 0.29) is 20.1 Å². The molecule has 267 valence electrons. The molecule has 55 heavy (non-hydrogen) atoms. The third-order valence-electron chi connectivity index (χ3n) is 8.01. The zero-order valence-electron chi connectivity index (χ0n) is 29.4. The number of pyridine rings is 3. The molecule has 0 saturated carbocycles. The zero-order valence-corrected chi connectivity index (χ0v) is 31.8. The molecule has 0 aliphatic heterocycles. The summed E-state index contributed by atoms with van der Waals surface area (Å²) < 4.78 is 4.99. The Labute approximate surface area is 335 Å². The van der Waals surface area contributed by atoms with Gasteiger partial charge in [0.2, 0.25) is 0 Å². The Morgan fingerprint density at radius 2 is 0.964 bits per heavy atom. The summed E-state index contributed by atoms with van der Waals surface area (Å²) in [5.74, 6) is 0.585. The molecule has 1 radical (unpaired) electrons. The van der Waals surface area contributed by atoms with Crippen LogP contribution in [0.15, 0.2) is 182 Å². The van der Waals surface area contributed by atoms with Crippen molar-refractivity contribution in [3.05, 3.63) is 201 Å². The van der Waals surface area contributed by atoms with Gasteiger partial charge in [-0.3, -0.25) is 0 Å². The molecule has 0 aliphatic rings. The van der Waals surface area contributed by atoms with Crippen LogP contribution in [0.25, 0.3) is 56.0 Å². The fourth-order valence-corrected chi connectivity index (χ4v) is 5.40. The van der Waals surface area contributed by atoms with Crippen molar-refractivity contribution in [2.45, 2.75) is 0 Å². The molecule has 0 bridgehead atoms. The minimum atomic E-state index is -1.46. The molecule has 0 fully saturated rings. The Balaban J connectivity index is 0.000000163. The van der Waals surface area contributed by atoms with Gasteiger partial charge < -0.3 is 34.7 Å². The molecule has 10 heteroatoms. The Morgan fingerprint density at radius 1 is 0.473 bits per heavy atom. The normalized spacial score (nSPS) is 9.95. The van der Waals surface area contributed by atoms with E-state index in [1.807, 2.05) is 140 Å². The molecule has 0 aliphatic carbocycles. The predicted octanol–water partition coefficient (Wildman–Crippen LogP) is 7.56. The van der Waals surface area contributed by atoms with Crippen LogP contribution in [0.5, 0.6) is 5.75 Å². The Hall–Kier alpha value is -5.99. The molecule has 8 rings (SSSR count). The molecule has 7 nitrogen and oxygen atoms in total. The molecule has 0 unspecified atom stereocenters. The minimum absolute atomic E-state index is 0. The summed E-state index contributed by atoms with van der Waals surface area (Å²) in [5.41, 5.74) is 10.0. The van der Waals surface area contributed by atoms with Gasteiger partial charge in [0.1, 0.15) is 5.75 Å². The number of benzene rings is 5. The van der Waals surface area contributed by atoms with E-state index in [1.54, 1.807) is 42.9 Å². The van der Waals surface area contributed by atoms with Gasteiger partial charge in [0.05, 0.1) is 0 Å². The first-order chi connectivity index (χ1) is 26.6. The van der Waals surface area contributed by atoms with Gasteiger partial charge in [-0.1, -0.05) is 72.8 Å². The van der Waals surface area contributed by atoms with Crippen LogP contribution in [0.3, 0.4) is 0 Å². The van der Waals surface area contributed by atoms with Gasteiger partial charge in [0.25, 0.3) is 0 Å². The fraction of sp³-hybridized carbons (Fsp3) is 0. The summed E-state index contributed by atoms with van der Waals surface area (Å²) in [4.78, 5) is 12.9. The summed E-state index contributed by atoms with van der Waals surface area (Å²) in [6.45, 7) is 0. The molecule has 0 amide bonds. The van der Waals surface area contributed by atoms with Gasteiger partial charge in [-0.25, -0.2) is 0 Å². The maximum Gasteiger partial charge on any atom is 3.00 e. The first-order valence-electron chi connectivity index (χ1n) is 17.0. The molecule has 3 heterocycles. The van der Waals surface area contributed by atoms with E-state index in [2.05, 4.69) is 33.2 Å². The van der Waals surface area contributed by atoms with Crippen molar-refractivity contribution in [1.82, 2.24) is 15.0 Å². The molecule has 8 aromatic rings. The second kappa shape index (κ2) is 21.0. The SMILES string of the molecule is OB(O)c1cccc(-c2cc[c-]c(-c3ccccn3)c2)c1.O[B]Oc1cccc(-c2cc[c-]c(-c3ccccn3)c2)c1.[Ir+3].[c-]1ccccc1-c1ccccn1. The van der Waals surface area contributed by atoms with Gasteiger partial charge in [-0.05, 0) is 64.0 Å². The van der Waals surface area contributed by atoms with E-state index >= 15 is 0 Å². The molecule has 3 aromatic heterocycles. The van der Waals surface area contributed by atoms with Crippen molar-refractivity contribution in [2.24, 2.45) is 0 Å². The standard InChI is InChI=1S/C17H12BNO2.C17H13BNO2.C11H8N.Ir/c20-18-21-16-8-4-6-14(12-16)13-5-3-7-15(11-13)17-9-1-2-10-19-17;20-18(21)16-8-4-6-14(12-16)13-5-3-7-15(11-13)17-9-1-2-10-19-17;1-2-6-10(7-3-1)11-8-4-5-9-12-11;/h1-6,8-12,20H;1-6,8-12,20-21H;1-6,8-9H;/q3*-1;+3. The molecular formula is C45H33B2IrN3O4. The van der Waals surface area contributed by atoms with E-state index in [4.69, 9.17) is 9.68 Å². The number of hydrogen-bond donors (Lipinski definition) is 3. The van der Waals surface area contributed by atoms with Crippen molar-refractivity contribution < 1.29 is 39.8 Å². The van der Waals surface area contributed by atoms with Gasteiger partial charge in [0.15, 0.2) is 0 Å². The maximum atomic E-state index is 9.27. The number of hydrogen-bond acceptors (Lipinski definition) is 7. The van der Waals surface area contributed by atoms with Crippen LogP contribution >= 0.6 is 0 Å². The van der Waals surface area contributed by atoms with Crippen molar-refractivity contribution >= 4 is 20.3 Å².